The average molecular weight is 269 g/mol. The molecule has 1 aromatic rings. The molecule has 0 heterocycles. The quantitative estimate of drug-likeness (QED) is 0.815. The Morgan fingerprint density at radius 1 is 1.22 bits per heavy atom. The molecule has 18 heavy (non-hydrogen) atoms. The summed E-state index contributed by atoms with van der Waals surface area (Å²) in [6.07, 6.45) is 0. The summed E-state index contributed by atoms with van der Waals surface area (Å²) in [7, 11) is -0.0451. The maximum atomic E-state index is 11.7. The molecule has 1 amide bonds. The van der Waals surface area contributed by atoms with Gasteiger partial charge in [0.25, 0.3) is 0 Å². The number of carboxylic acid groups (broad SMARTS) is 1. The Kier molecular flexibility index (Phi) is 5.51. The van der Waals surface area contributed by atoms with Crippen LogP contribution in [0.3, 0.4) is 0 Å². The number of carbonyl (C=O) groups is 2. The number of hydrogen-bond donors (Lipinski definition) is 1. The lowest BCUT2D eigenvalue weighted by Crippen LogP contribution is -2.31. The minimum Gasteiger partial charge on any atom is -0.481 e. The summed E-state index contributed by atoms with van der Waals surface area (Å²) in [4.78, 5) is 23.5. The molecule has 0 aliphatic rings. The topological polar surface area (TPSA) is 74.7 Å². The molecule has 1 atom stereocenters. The van der Waals surface area contributed by atoms with Gasteiger partial charge in [-0.05, 0) is 5.56 Å². The lowest BCUT2D eigenvalue weighted by atomic mass is 10.2. The second kappa shape index (κ2) is 6.90. The normalized spacial score (nSPS) is 11.8. The van der Waals surface area contributed by atoms with Crippen molar-refractivity contribution < 1.29 is 18.9 Å². The summed E-state index contributed by atoms with van der Waals surface area (Å²) in [5, 5.41) is 8.45. The molecule has 0 saturated heterocycles. The third kappa shape index (κ3) is 5.09. The van der Waals surface area contributed by atoms with Crippen LogP contribution >= 0.6 is 0 Å². The van der Waals surface area contributed by atoms with Gasteiger partial charge < -0.3 is 10.0 Å². The van der Waals surface area contributed by atoms with Gasteiger partial charge in [0.15, 0.2) is 0 Å². The molecule has 5 nitrogen and oxygen atoms in total. The molecule has 1 N–H and O–H groups in total. The van der Waals surface area contributed by atoms with Gasteiger partial charge >= 0.3 is 5.97 Å². The molecule has 1 rings (SSSR count). The van der Waals surface area contributed by atoms with Crippen molar-refractivity contribution >= 4 is 22.7 Å². The van der Waals surface area contributed by atoms with E-state index in [1.165, 1.54) is 4.90 Å². The van der Waals surface area contributed by atoms with Crippen molar-refractivity contribution in [2.24, 2.45) is 0 Å². The Bertz CT molecular complexity index is 447. The minimum absolute atomic E-state index is 0.254. The Labute approximate surface area is 108 Å². The van der Waals surface area contributed by atoms with E-state index in [4.69, 9.17) is 5.11 Å². The van der Waals surface area contributed by atoms with Crippen molar-refractivity contribution in [2.75, 3.05) is 18.6 Å². The van der Waals surface area contributed by atoms with Crippen LogP contribution in [-0.4, -0.2) is 44.6 Å². The van der Waals surface area contributed by atoms with Gasteiger partial charge in [0, 0.05) is 24.4 Å². The van der Waals surface area contributed by atoms with Crippen molar-refractivity contribution in [2.45, 2.75) is 6.54 Å². The highest BCUT2D eigenvalue weighted by atomic mass is 32.2. The van der Waals surface area contributed by atoms with Crippen LogP contribution in [0.5, 0.6) is 0 Å². The first-order chi connectivity index (χ1) is 8.49. The Morgan fingerprint density at radius 3 is 2.39 bits per heavy atom. The monoisotopic (exact) mass is 269 g/mol. The Morgan fingerprint density at radius 2 is 1.83 bits per heavy atom. The van der Waals surface area contributed by atoms with E-state index in [9.17, 15) is 13.8 Å². The largest absolute Gasteiger partial charge is 0.481 e. The van der Waals surface area contributed by atoms with Crippen molar-refractivity contribution in [3.63, 3.8) is 0 Å². The van der Waals surface area contributed by atoms with Crippen LogP contribution in [0.1, 0.15) is 5.56 Å². The predicted octanol–water partition coefficient (Wildman–Crippen LogP) is 0.478. The molecule has 0 spiro atoms. The maximum absolute atomic E-state index is 11.7. The standard InChI is InChI=1S/C12H15NO4S/c1-13(7-10-5-3-2-4-6-10)11(14)8-18(17)9-12(15)16/h2-6H,7-9H2,1H3,(H,15,16). The van der Waals surface area contributed by atoms with Crippen LogP contribution in [0.4, 0.5) is 0 Å². The average Bonchev–Trinajstić information content (AvgIpc) is 2.28. The fourth-order valence-electron chi connectivity index (χ4n) is 1.38. The molecule has 0 aromatic heterocycles. The summed E-state index contributed by atoms with van der Waals surface area (Å²) in [6.45, 7) is 0.421. The van der Waals surface area contributed by atoms with E-state index in [1.54, 1.807) is 7.05 Å². The van der Waals surface area contributed by atoms with E-state index in [0.29, 0.717) is 6.54 Å². The molecule has 1 aromatic carbocycles. The second-order valence-electron chi connectivity index (χ2n) is 3.86. The zero-order valence-electron chi connectivity index (χ0n) is 10.0. The molecule has 0 fully saturated rings. The molecule has 0 aliphatic heterocycles. The van der Waals surface area contributed by atoms with E-state index in [1.807, 2.05) is 30.3 Å². The highest BCUT2D eigenvalue weighted by Crippen LogP contribution is 2.03. The number of hydrogen-bond acceptors (Lipinski definition) is 3. The Balaban J connectivity index is 2.47. The summed E-state index contributed by atoms with van der Waals surface area (Å²) in [6, 6.07) is 9.40. The number of amides is 1. The third-order valence-electron chi connectivity index (χ3n) is 2.26. The van der Waals surface area contributed by atoms with Gasteiger partial charge in [-0.25, -0.2) is 0 Å². The van der Waals surface area contributed by atoms with Gasteiger partial charge in [-0.15, -0.1) is 0 Å². The van der Waals surface area contributed by atoms with Crippen molar-refractivity contribution in [3.8, 4) is 0 Å². The van der Waals surface area contributed by atoms with E-state index in [-0.39, 0.29) is 11.7 Å². The predicted molar refractivity (Wildman–Crippen MR) is 68.4 cm³/mol. The molecule has 1 unspecified atom stereocenters. The van der Waals surface area contributed by atoms with Crippen molar-refractivity contribution in [1.29, 1.82) is 0 Å². The third-order valence-corrected chi connectivity index (χ3v) is 3.40. The smallest absolute Gasteiger partial charge is 0.316 e. The lowest BCUT2D eigenvalue weighted by Gasteiger charge is -2.16. The van der Waals surface area contributed by atoms with Gasteiger partial charge in [0.05, 0.1) is 0 Å². The van der Waals surface area contributed by atoms with E-state index in [0.717, 1.165) is 5.56 Å². The molecule has 98 valence electrons. The van der Waals surface area contributed by atoms with Crippen LogP contribution in [-0.2, 0) is 26.9 Å². The van der Waals surface area contributed by atoms with Crippen LogP contribution in [0.15, 0.2) is 30.3 Å². The fraction of sp³-hybridized carbons (Fsp3) is 0.333. The molecular formula is C12H15NO4S. The number of rotatable bonds is 6. The number of benzene rings is 1. The van der Waals surface area contributed by atoms with Gasteiger partial charge in [0.1, 0.15) is 11.5 Å². The summed E-state index contributed by atoms with van der Waals surface area (Å²) < 4.78 is 11.3. The SMILES string of the molecule is CN(Cc1ccccc1)C(=O)CS(=O)CC(=O)O. The maximum Gasteiger partial charge on any atom is 0.316 e. The number of carboxylic acids is 1. The molecule has 0 bridgehead atoms. The van der Waals surface area contributed by atoms with Gasteiger partial charge in [-0.1, -0.05) is 30.3 Å². The molecule has 0 saturated carbocycles. The number of nitrogens with zero attached hydrogens (tertiary/aromatic N) is 1. The van der Waals surface area contributed by atoms with Gasteiger partial charge in [0.2, 0.25) is 5.91 Å². The first-order valence-corrected chi connectivity index (χ1v) is 6.82. The van der Waals surface area contributed by atoms with Crippen LogP contribution in [0, 0.1) is 0 Å². The van der Waals surface area contributed by atoms with Gasteiger partial charge in [-0.2, -0.15) is 0 Å². The number of carbonyl (C=O) groups excluding carboxylic acids is 1. The highest BCUT2D eigenvalue weighted by Gasteiger charge is 2.15. The molecule has 0 radical (unpaired) electrons. The Hall–Kier alpha value is -1.69. The van der Waals surface area contributed by atoms with Crippen molar-refractivity contribution in [3.05, 3.63) is 35.9 Å². The van der Waals surface area contributed by atoms with E-state index in [2.05, 4.69) is 0 Å². The van der Waals surface area contributed by atoms with Gasteiger partial charge in [-0.3, -0.25) is 13.8 Å². The van der Waals surface area contributed by atoms with Crippen LogP contribution < -0.4 is 0 Å². The first kappa shape index (κ1) is 14.4. The zero-order valence-corrected chi connectivity index (χ0v) is 10.9. The molecular weight excluding hydrogens is 254 g/mol. The number of aliphatic carboxylic acids is 1. The van der Waals surface area contributed by atoms with E-state index < -0.39 is 22.5 Å². The minimum atomic E-state index is -1.65. The summed E-state index contributed by atoms with van der Waals surface area (Å²) in [5.74, 6) is -2.23. The zero-order chi connectivity index (χ0) is 13.5. The fourth-order valence-corrected chi connectivity index (χ4v) is 2.26. The highest BCUT2D eigenvalue weighted by molar-refractivity contribution is 7.86. The second-order valence-corrected chi connectivity index (χ2v) is 5.31. The van der Waals surface area contributed by atoms with Crippen LogP contribution in [0.2, 0.25) is 0 Å². The molecule has 0 aliphatic carbocycles. The first-order valence-electron chi connectivity index (χ1n) is 5.33. The molecule has 6 heteroatoms. The van der Waals surface area contributed by atoms with Crippen LogP contribution in [0.25, 0.3) is 0 Å². The van der Waals surface area contributed by atoms with Crippen molar-refractivity contribution in [1.82, 2.24) is 4.90 Å². The van der Waals surface area contributed by atoms with E-state index >= 15 is 0 Å². The summed E-state index contributed by atoms with van der Waals surface area (Å²) in [5.41, 5.74) is 0.970. The summed E-state index contributed by atoms with van der Waals surface area (Å²) >= 11 is 0. The lowest BCUT2D eigenvalue weighted by molar-refractivity contribution is -0.134.